The minimum absolute atomic E-state index is 0.289. The minimum Gasteiger partial charge on any atom is -0.293 e. The van der Waals surface area contributed by atoms with Crippen molar-refractivity contribution in [2.75, 3.05) is 6.26 Å². The van der Waals surface area contributed by atoms with Gasteiger partial charge in [-0.3, -0.25) is 19.1 Å². The molecule has 3 aromatic heterocycles. The molecule has 0 saturated carbocycles. The Morgan fingerprint density at radius 2 is 2.00 bits per heavy atom. The number of nitrogens with one attached hydrogen (secondary N) is 1. The van der Waals surface area contributed by atoms with E-state index in [1.54, 1.807) is 37.4 Å². The van der Waals surface area contributed by atoms with E-state index < -0.39 is 10.8 Å². The first kappa shape index (κ1) is 15.8. The number of rotatable bonds is 3. The lowest BCUT2D eigenvalue weighted by molar-refractivity contribution is 0.686. The number of hydrogen-bond acceptors (Lipinski definition) is 5. The highest BCUT2D eigenvalue weighted by molar-refractivity contribution is 7.84. The monoisotopic (exact) mass is 339 g/mol. The molecule has 3 rings (SSSR count). The van der Waals surface area contributed by atoms with Crippen LogP contribution in [0.25, 0.3) is 17.1 Å². The Hall–Kier alpha value is -3.05. The number of hydrogen-bond donors (Lipinski definition) is 1. The number of H-pyrrole nitrogens is 1. The van der Waals surface area contributed by atoms with Gasteiger partial charge in [0.05, 0.1) is 32.5 Å². The molecule has 0 fully saturated rings. The lowest BCUT2D eigenvalue weighted by Gasteiger charge is -2.01. The van der Waals surface area contributed by atoms with Gasteiger partial charge in [-0.15, -0.1) is 0 Å². The van der Waals surface area contributed by atoms with Crippen molar-refractivity contribution in [3.63, 3.8) is 0 Å². The van der Waals surface area contributed by atoms with Gasteiger partial charge in [0.25, 0.3) is 5.56 Å². The summed E-state index contributed by atoms with van der Waals surface area (Å²) in [5.74, 6) is 0.400. The Kier molecular flexibility index (Phi) is 4.10. The van der Waals surface area contributed by atoms with Crippen molar-refractivity contribution in [2.45, 2.75) is 11.8 Å². The van der Waals surface area contributed by atoms with Gasteiger partial charge in [0.15, 0.2) is 5.82 Å². The predicted octanol–water partition coefficient (Wildman–Crippen LogP) is 1.54. The molecule has 1 N–H and O–H groups in total. The van der Waals surface area contributed by atoms with Gasteiger partial charge in [0.2, 0.25) is 0 Å². The Morgan fingerprint density at radius 3 is 2.54 bits per heavy atom. The molecule has 7 nitrogen and oxygen atoms in total. The van der Waals surface area contributed by atoms with E-state index in [9.17, 15) is 9.00 Å². The van der Waals surface area contributed by atoms with Crippen LogP contribution in [-0.4, -0.2) is 30.2 Å². The fraction of sp³-hybridized carbons (Fsp3) is 0.125. The zero-order valence-electron chi connectivity index (χ0n) is 13.0. The molecule has 1 atom stereocenters. The van der Waals surface area contributed by atoms with Crippen LogP contribution in [0.15, 0.2) is 46.3 Å². The highest BCUT2D eigenvalue weighted by Gasteiger charge is 2.16. The molecule has 0 aliphatic rings. The number of aryl methyl sites for hydroxylation is 1. The standard InChI is InChI=1S/C16H13N5O2S/c1-10-15(13-5-3-11(7-17)8-18-13)16(22)21(20-10)14-6-4-12(9-19-14)24(2)23/h3-6,8-9,20H,1-2H3. The summed E-state index contributed by atoms with van der Waals surface area (Å²) >= 11 is 0. The Bertz CT molecular complexity index is 1010. The first-order chi connectivity index (χ1) is 11.5. The number of nitriles is 1. The van der Waals surface area contributed by atoms with Crippen LogP contribution in [0.2, 0.25) is 0 Å². The molecule has 3 aromatic rings. The molecule has 120 valence electrons. The Morgan fingerprint density at radius 1 is 1.21 bits per heavy atom. The lowest BCUT2D eigenvalue weighted by Crippen LogP contribution is -2.17. The van der Waals surface area contributed by atoms with Gasteiger partial charge in [0, 0.05) is 24.3 Å². The molecule has 0 bridgehead atoms. The van der Waals surface area contributed by atoms with E-state index in [0.717, 1.165) is 0 Å². The molecule has 3 heterocycles. The van der Waals surface area contributed by atoms with Gasteiger partial charge in [-0.05, 0) is 31.2 Å². The molecule has 0 saturated heterocycles. The highest BCUT2D eigenvalue weighted by Crippen LogP contribution is 2.17. The smallest absolute Gasteiger partial charge is 0.282 e. The number of aromatic nitrogens is 4. The molecular formula is C16H13N5O2S. The van der Waals surface area contributed by atoms with Crippen LogP contribution >= 0.6 is 0 Å². The van der Waals surface area contributed by atoms with Crippen LogP contribution in [0.1, 0.15) is 11.3 Å². The SMILES string of the molecule is Cc1[nH]n(-c2ccc(S(C)=O)cn2)c(=O)c1-c1ccc(C#N)cn1. The van der Waals surface area contributed by atoms with Crippen LogP contribution in [0.3, 0.4) is 0 Å². The average Bonchev–Trinajstić information content (AvgIpc) is 2.89. The maximum absolute atomic E-state index is 12.7. The molecular weight excluding hydrogens is 326 g/mol. The van der Waals surface area contributed by atoms with Gasteiger partial charge in [0.1, 0.15) is 6.07 Å². The summed E-state index contributed by atoms with van der Waals surface area (Å²) in [6.07, 6.45) is 4.47. The zero-order chi connectivity index (χ0) is 17.3. The van der Waals surface area contributed by atoms with Crippen LogP contribution in [0.4, 0.5) is 0 Å². The quantitative estimate of drug-likeness (QED) is 0.779. The molecule has 0 radical (unpaired) electrons. The molecule has 1 unspecified atom stereocenters. The van der Waals surface area contributed by atoms with Crippen LogP contribution in [0, 0.1) is 18.3 Å². The fourth-order valence-electron chi connectivity index (χ4n) is 2.29. The van der Waals surface area contributed by atoms with Gasteiger partial charge in [-0.2, -0.15) is 5.26 Å². The van der Waals surface area contributed by atoms with E-state index in [1.807, 2.05) is 6.07 Å². The van der Waals surface area contributed by atoms with Crippen molar-refractivity contribution in [1.29, 1.82) is 5.26 Å². The highest BCUT2D eigenvalue weighted by atomic mass is 32.2. The third kappa shape index (κ3) is 2.77. The normalized spacial score (nSPS) is 11.9. The summed E-state index contributed by atoms with van der Waals surface area (Å²) < 4.78 is 12.7. The summed E-state index contributed by atoms with van der Waals surface area (Å²) in [7, 11) is -1.13. The topological polar surface area (TPSA) is 104 Å². The lowest BCUT2D eigenvalue weighted by atomic mass is 10.1. The van der Waals surface area contributed by atoms with Crippen molar-refractivity contribution in [3.05, 3.63) is 58.3 Å². The minimum atomic E-state index is -1.13. The second kappa shape index (κ2) is 6.22. The molecule has 0 aliphatic heterocycles. The van der Waals surface area contributed by atoms with Gasteiger partial charge < -0.3 is 0 Å². The van der Waals surface area contributed by atoms with Gasteiger partial charge >= 0.3 is 0 Å². The maximum Gasteiger partial charge on any atom is 0.282 e. The summed E-state index contributed by atoms with van der Waals surface area (Å²) in [5, 5.41) is 11.8. The second-order valence-electron chi connectivity index (χ2n) is 5.10. The van der Waals surface area contributed by atoms with E-state index in [-0.39, 0.29) is 5.56 Å². The van der Waals surface area contributed by atoms with E-state index in [0.29, 0.717) is 33.2 Å². The Balaban J connectivity index is 2.07. The van der Waals surface area contributed by atoms with E-state index >= 15 is 0 Å². The van der Waals surface area contributed by atoms with Gasteiger partial charge in [-0.1, -0.05) is 0 Å². The Labute approximate surface area is 140 Å². The first-order valence-electron chi connectivity index (χ1n) is 6.99. The summed E-state index contributed by atoms with van der Waals surface area (Å²) in [5.41, 5.74) is 1.68. The van der Waals surface area contributed by atoms with Crippen LogP contribution in [-0.2, 0) is 10.8 Å². The largest absolute Gasteiger partial charge is 0.293 e. The van der Waals surface area contributed by atoms with E-state index in [4.69, 9.17) is 5.26 Å². The predicted molar refractivity (Wildman–Crippen MR) is 89.2 cm³/mol. The molecule has 0 aliphatic carbocycles. The van der Waals surface area contributed by atoms with Crippen molar-refractivity contribution in [3.8, 4) is 23.1 Å². The van der Waals surface area contributed by atoms with Crippen molar-refractivity contribution in [1.82, 2.24) is 19.7 Å². The number of nitrogens with zero attached hydrogens (tertiary/aromatic N) is 4. The summed E-state index contributed by atoms with van der Waals surface area (Å²) in [4.78, 5) is 21.6. The zero-order valence-corrected chi connectivity index (χ0v) is 13.8. The summed E-state index contributed by atoms with van der Waals surface area (Å²) in [6, 6.07) is 8.54. The van der Waals surface area contributed by atoms with Crippen molar-refractivity contribution >= 4 is 10.8 Å². The third-order valence-corrected chi connectivity index (χ3v) is 4.41. The molecule has 0 aromatic carbocycles. The molecule has 0 amide bonds. The second-order valence-corrected chi connectivity index (χ2v) is 6.48. The maximum atomic E-state index is 12.7. The molecule has 0 spiro atoms. The van der Waals surface area contributed by atoms with E-state index in [1.165, 1.54) is 17.1 Å². The van der Waals surface area contributed by atoms with Gasteiger partial charge in [-0.25, -0.2) is 9.67 Å². The third-order valence-electron chi connectivity index (χ3n) is 3.50. The molecule has 8 heteroatoms. The van der Waals surface area contributed by atoms with Crippen molar-refractivity contribution < 1.29 is 4.21 Å². The van der Waals surface area contributed by atoms with Crippen LogP contribution < -0.4 is 5.56 Å². The van der Waals surface area contributed by atoms with E-state index in [2.05, 4.69) is 15.1 Å². The number of aromatic amines is 1. The fourth-order valence-corrected chi connectivity index (χ4v) is 2.75. The average molecular weight is 339 g/mol. The van der Waals surface area contributed by atoms with Crippen LogP contribution in [0.5, 0.6) is 0 Å². The van der Waals surface area contributed by atoms with Crippen molar-refractivity contribution in [2.24, 2.45) is 0 Å². The molecule has 24 heavy (non-hydrogen) atoms. The number of pyridine rings is 2. The first-order valence-corrected chi connectivity index (χ1v) is 8.55. The summed E-state index contributed by atoms with van der Waals surface area (Å²) in [6.45, 7) is 1.77.